The number of ether oxygens (including phenoxy) is 3. The summed E-state index contributed by atoms with van der Waals surface area (Å²) in [6.07, 6.45) is 0. The van der Waals surface area contributed by atoms with Gasteiger partial charge < -0.3 is 19.1 Å². The molecule has 0 fully saturated rings. The van der Waals surface area contributed by atoms with E-state index >= 15 is 0 Å². The minimum Gasteiger partial charge on any atom is -0.493 e. The largest absolute Gasteiger partial charge is 0.493 e. The Labute approximate surface area is 148 Å². The Bertz CT molecular complexity index is 755. The van der Waals surface area contributed by atoms with Crippen molar-refractivity contribution in [2.24, 2.45) is 0 Å². The van der Waals surface area contributed by atoms with E-state index in [9.17, 15) is 18.0 Å². The van der Waals surface area contributed by atoms with Gasteiger partial charge in [0.2, 0.25) is 0 Å². The summed E-state index contributed by atoms with van der Waals surface area (Å²) < 4.78 is 53.5. The number of amides is 1. The van der Waals surface area contributed by atoms with E-state index in [1.807, 2.05) is 0 Å². The molecule has 5 nitrogen and oxygen atoms in total. The molecule has 0 aliphatic heterocycles. The van der Waals surface area contributed by atoms with Crippen molar-refractivity contribution in [3.63, 3.8) is 0 Å². The number of carbonyl (C=O) groups is 1. The van der Waals surface area contributed by atoms with E-state index in [0.29, 0.717) is 0 Å². The molecule has 1 amide bonds. The number of benzene rings is 2. The van der Waals surface area contributed by atoms with E-state index in [1.165, 1.54) is 55.5 Å². The fourth-order valence-electron chi connectivity index (χ4n) is 2.22. The smallest absolute Gasteiger partial charge is 0.387 e. The van der Waals surface area contributed by atoms with Gasteiger partial charge in [-0.1, -0.05) is 18.2 Å². The van der Waals surface area contributed by atoms with Crippen LogP contribution >= 0.6 is 0 Å². The van der Waals surface area contributed by atoms with Crippen LogP contribution in [-0.4, -0.2) is 44.7 Å². The van der Waals surface area contributed by atoms with Crippen LogP contribution in [-0.2, 0) is 0 Å². The van der Waals surface area contributed by atoms with Gasteiger partial charge in [0.1, 0.15) is 6.61 Å². The molecular formula is C18H18F3NO4. The standard InChI is InChI=1S/C18H18F3NO4/c1-22(10-11-25-14-8-4-3-7-13(14)19)17(23)12-6-5-9-15(24-2)16(12)26-18(20)21/h3-9,18H,10-11H2,1-2H3. The molecule has 0 unspecified atom stereocenters. The number of methoxy groups -OCH3 is 1. The first-order valence-electron chi connectivity index (χ1n) is 7.68. The second-order valence-electron chi connectivity index (χ2n) is 5.22. The monoisotopic (exact) mass is 369 g/mol. The number of likely N-dealkylation sites (N-methyl/N-ethyl adjacent to an activating group) is 1. The van der Waals surface area contributed by atoms with Crippen molar-refractivity contribution in [3.8, 4) is 17.2 Å². The predicted molar refractivity (Wildman–Crippen MR) is 88.5 cm³/mol. The lowest BCUT2D eigenvalue weighted by Gasteiger charge is -2.20. The number of halogens is 3. The quantitative estimate of drug-likeness (QED) is 0.714. The molecular weight excluding hydrogens is 351 g/mol. The van der Waals surface area contributed by atoms with Gasteiger partial charge in [0, 0.05) is 7.05 Å². The van der Waals surface area contributed by atoms with Crippen LogP contribution in [0.1, 0.15) is 10.4 Å². The van der Waals surface area contributed by atoms with Crippen LogP contribution in [0.4, 0.5) is 13.2 Å². The highest BCUT2D eigenvalue weighted by Gasteiger charge is 2.22. The molecule has 0 aliphatic rings. The first kappa shape index (κ1) is 19.4. The molecule has 0 radical (unpaired) electrons. The molecule has 0 aliphatic carbocycles. The van der Waals surface area contributed by atoms with E-state index in [4.69, 9.17) is 9.47 Å². The van der Waals surface area contributed by atoms with Gasteiger partial charge in [0.05, 0.1) is 19.2 Å². The molecule has 0 aromatic heterocycles. The molecule has 0 atom stereocenters. The van der Waals surface area contributed by atoms with Crippen molar-refractivity contribution >= 4 is 5.91 Å². The first-order valence-corrected chi connectivity index (χ1v) is 7.68. The Kier molecular flexibility index (Phi) is 6.71. The number of rotatable bonds is 8. The van der Waals surface area contributed by atoms with Gasteiger partial charge in [-0.15, -0.1) is 0 Å². The molecule has 0 heterocycles. The molecule has 2 aromatic rings. The Morgan fingerprint density at radius 1 is 1.12 bits per heavy atom. The van der Waals surface area contributed by atoms with Crippen molar-refractivity contribution in [1.82, 2.24) is 4.90 Å². The van der Waals surface area contributed by atoms with E-state index in [-0.39, 0.29) is 36.0 Å². The summed E-state index contributed by atoms with van der Waals surface area (Å²) in [6, 6.07) is 10.1. The lowest BCUT2D eigenvalue weighted by molar-refractivity contribution is -0.0516. The Balaban J connectivity index is 2.07. The lowest BCUT2D eigenvalue weighted by Crippen LogP contribution is -2.31. The van der Waals surface area contributed by atoms with Crippen LogP contribution < -0.4 is 14.2 Å². The van der Waals surface area contributed by atoms with Crippen molar-refractivity contribution in [1.29, 1.82) is 0 Å². The second-order valence-corrected chi connectivity index (χ2v) is 5.22. The van der Waals surface area contributed by atoms with Crippen LogP contribution in [0.2, 0.25) is 0 Å². The maximum atomic E-state index is 13.5. The number of para-hydroxylation sites is 2. The van der Waals surface area contributed by atoms with E-state index in [0.717, 1.165) is 0 Å². The Morgan fingerprint density at radius 2 is 1.81 bits per heavy atom. The van der Waals surface area contributed by atoms with E-state index in [2.05, 4.69) is 4.74 Å². The highest BCUT2D eigenvalue weighted by Crippen LogP contribution is 2.33. The summed E-state index contributed by atoms with van der Waals surface area (Å²) in [4.78, 5) is 13.8. The van der Waals surface area contributed by atoms with Crippen LogP contribution in [0.25, 0.3) is 0 Å². The highest BCUT2D eigenvalue weighted by molar-refractivity contribution is 5.97. The van der Waals surface area contributed by atoms with E-state index < -0.39 is 18.3 Å². The number of alkyl halides is 2. The number of hydrogen-bond acceptors (Lipinski definition) is 4. The Hall–Kier alpha value is -2.90. The zero-order chi connectivity index (χ0) is 19.1. The molecule has 0 saturated carbocycles. The summed E-state index contributed by atoms with van der Waals surface area (Å²) >= 11 is 0. The van der Waals surface area contributed by atoms with Gasteiger partial charge in [0.15, 0.2) is 23.1 Å². The molecule has 2 rings (SSSR count). The van der Waals surface area contributed by atoms with Crippen LogP contribution in [0, 0.1) is 5.82 Å². The average Bonchev–Trinajstić information content (AvgIpc) is 2.62. The zero-order valence-electron chi connectivity index (χ0n) is 14.2. The summed E-state index contributed by atoms with van der Waals surface area (Å²) in [7, 11) is 2.76. The van der Waals surface area contributed by atoms with Crippen LogP contribution in [0.5, 0.6) is 17.2 Å². The minimum atomic E-state index is -3.10. The fraction of sp³-hybridized carbons (Fsp3) is 0.278. The van der Waals surface area contributed by atoms with Gasteiger partial charge in [-0.05, 0) is 24.3 Å². The normalized spacial score (nSPS) is 10.5. The van der Waals surface area contributed by atoms with Crippen molar-refractivity contribution in [2.45, 2.75) is 6.61 Å². The van der Waals surface area contributed by atoms with Crippen LogP contribution in [0.15, 0.2) is 42.5 Å². The van der Waals surface area contributed by atoms with Gasteiger partial charge >= 0.3 is 6.61 Å². The van der Waals surface area contributed by atoms with Crippen LogP contribution in [0.3, 0.4) is 0 Å². The lowest BCUT2D eigenvalue weighted by atomic mass is 10.1. The topological polar surface area (TPSA) is 48.0 Å². The molecule has 2 aromatic carbocycles. The summed E-state index contributed by atoms with van der Waals surface area (Å²) in [6.45, 7) is -2.97. The third kappa shape index (κ3) is 4.81. The maximum Gasteiger partial charge on any atom is 0.387 e. The fourth-order valence-corrected chi connectivity index (χ4v) is 2.22. The van der Waals surface area contributed by atoms with Gasteiger partial charge in [-0.3, -0.25) is 4.79 Å². The summed E-state index contributed by atoms with van der Waals surface area (Å²) in [5, 5.41) is 0. The highest BCUT2D eigenvalue weighted by atomic mass is 19.3. The third-order valence-corrected chi connectivity index (χ3v) is 3.50. The summed E-state index contributed by atoms with van der Waals surface area (Å²) in [5.74, 6) is -1.32. The maximum absolute atomic E-state index is 13.5. The van der Waals surface area contributed by atoms with Crippen molar-refractivity contribution in [3.05, 3.63) is 53.8 Å². The number of nitrogens with zero attached hydrogens (tertiary/aromatic N) is 1. The van der Waals surface area contributed by atoms with Gasteiger partial charge in [0.25, 0.3) is 5.91 Å². The molecule has 26 heavy (non-hydrogen) atoms. The first-order chi connectivity index (χ1) is 12.4. The summed E-state index contributed by atoms with van der Waals surface area (Å²) in [5.41, 5.74) is -0.0713. The zero-order valence-corrected chi connectivity index (χ0v) is 14.2. The molecule has 140 valence electrons. The minimum absolute atomic E-state index is 0.0205. The Morgan fingerprint density at radius 3 is 2.46 bits per heavy atom. The van der Waals surface area contributed by atoms with Gasteiger partial charge in [-0.2, -0.15) is 8.78 Å². The molecule has 8 heteroatoms. The number of hydrogen-bond donors (Lipinski definition) is 0. The third-order valence-electron chi connectivity index (χ3n) is 3.50. The molecule has 0 N–H and O–H groups in total. The van der Waals surface area contributed by atoms with E-state index in [1.54, 1.807) is 6.07 Å². The molecule has 0 saturated heterocycles. The average molecular weight is 369 g/mol. The molecule has 0 spiro atoms. The van der Waals surface area contributed by atoms with Crippen molar-refractivity contribution in [2.75, 3.05) is 27.3 Å². The van der Waals surface area contributed by atoms with Crippen molar-refractivity contribution < 1.29 is 32.2 Å². The second kappa shape index (κ2) is 8.98. The molecule has 0 bridgehead atoms. The number of carbonyl (C=O) groups excluding carboxylic acids is 1. The predicted octanol–water partition coefficient (Wildman–Crippen LogP) is 3.59. The van der Waals surface area contributed by atoms with Gasteiger partial charge in [-0.25, -0.2) is 4.39 Å². The SMILES string of the molecule is COc1cccc(C(=O)N(C)CCOc2ccccc2F)c1OC(F)F.